The van der Waals surface area contributed by atoms with Gasteiger partial charge in [0, 0.05) is 18.0 Å². The highest BCUT2D eigenvalue weighted by molar-refractivity contribution is 6.44. The minimum absolute atomic E-state index is 0.190. The zero-order chi connectivity index (χ0) is 28.2. The Balaban J connectivity index is 1.61. The maximum Gasteiger partial charge on any atom is 0.322 e. The van der Waals surface area contributed by atoms with E-state index >= 15 is 0 Å². The van der Waals surface area contributed by atoms with Gasteiger partial charge in [-0.2, -0.15) is 5.10 Å². The summed E-state index contributed by atoms with van der Waals surface area (Å²) in [6.45, 7) is 6.05. The summed E-state index contributed by atoms with van der Waals surface area (Å²) in [4.78, 5) is 28.1. The molecule has 0 unspecified atom stereocenters. The van der Waals surface area contributed by atoms with E-state index in [0.717, 1.165) is 11.3 Å². The summed E-state index contributed by atoms with van der Waals surface area (Å²) in [6.07, 6.45) is 0. The van der Waals surface area contributed by atoms with Crippen molar-refractivity contribution in [2.75, 3.05) is 17.2 Å². The van der Waals surface area contributed by atoms with Crippen LogP contribution in [0, 0.1) is 0 Å². The van der Waals surface area contributed by atoms with E-state index in [0.29, 0.717) is 27.2 Å². The number of amides is 3. The molecule has 3 aromatic carbocycles. The number of hydrogen-bond acceptors (Lipinski definition) is 3. The Labute approximate surface area is 242 Å². The molecule has 0 saturated carbocycles. The molecule has 4 rings (SSSR count). The Bertz CT molecular complexity index is 1480. The van der Waals surface area contributed by atoms with Gasteiger partial charge in [-0.15, -0.1) is 0 Å². The van der Waals surface area contributed by atoms with Gasteiger partial charge in [-0.25, -0.2) is 9.48 Å². The molecule has 39 heavy (non-hydrogen) atoms. The molecule has 10 heteroatoms. The smallest absolute Gasteiger partial charge is 0.311 e. The molecule has 0 aliphatic heterocycles. The number of hydrogen-bond donors (Lipinski definition) is 2. The maximum atomic E-state index is 13.4. The van der Waals surface area contributed by atoms with E-state index in [1.54, 1.807) is 28.9 Å². The van der Waals surface area contributed by atoms with Gasteiger partial charge in [-0.3, -0.25) is 4.79 Å². The monoisotopic (exact) mass is 583 g/mol. The van der Waals surface area contributed by atoms with E-state index in [1.807, 2.05) is 75.4 Å². The molecule has 2 N–H and O–H groups in total. The summed E-state index contributed by atoms with van der Waals surface area (Å²) in [5.41, 5.74) is 2.32. The van der Waals surface area contributed by atoms with Crippen LogP contribution < -0.4 is 10.6 Å². The van der Waals surface area contributed by atoms with Gasteiger partial charge in [0.25, 0.3) is 0 Å². The second-order valence-electron chi connectivity index (χ2n) is 9.95. The number of para-hydroxylation sites is 1. The Morgan fingerprint density at radius 2 is 1.54 bits per heavy atom. The number of carbonyl (C=O) groups is 2. The third kappa shape index (κ3) is 7.12. The summed E-state index contributed by atoms with van der Waals surface area (Å²) in [5.74, 6) is 0.0305. The van der Waals surface area contributed by atoms with Crippen LogP contribution in [0.15, 0.2) is 78.9 Å². The quantitative estimate of drug-likeness (QED) is 0.233. The standard InChI is InChI=1S/C29H28Cl3N5O2/c1-29(2,3)24-16-25(37(35-24)23-15-8-7-12-20(23)30)34-26(38)18-36(17-19-10-5-4-6-11-19)28(39)33-22-14-9-13-21(31)27(22)32/h4-16H,17-18H2,1-3H3,(H,33,39)(H,34,38). The molecule has 4 aromatic rings. The molecule has 7 nitrogen and oxygen atoms in total. The fourth-order valence-electron chi connectivity index (χ4n) is 3.80. The van der Waals surface area contributed by atoms with Gasteiger partial charge in [0.2, 0.25) is 5.91 Å². The van der Waals surface area contributed by atoms with Crippen molar-refractivity contribution in [3.05, 3.63) is 105 Å². The molecule has 202 valence electrons. The van der Waals surface area contributed by atoms with Gasteiger partial charge in [0.1, 0.15) is 12.4 Å². The zero-order valence-electron chi connectivity index (χ0n) is 21.7. The number of halogens is 3. The van der Waals surface area contributed by atoms with Gasteiger partial charge in [-0.05, 0) is 29.8 Å². The largest absolute Gasteiger partial charge is 0.322 e. The lowest BCUT2D eigenvalue weighted by Crippen LogP contribution is -2.40. The van der Waals surface area contributed by atoms with E-state index in [1.165, 1.54) is 4.90 Å². The molecule has 1 heterocycles. The van der Waals surface area contributed by atoms with Gasteiger partial charge >= 0.3 is 6.03 Å². The summed E-state index contributed by atoms with van der Waals surface area (Å²) in [6, 6.07) is 22.9. The highest BCUT2D eigenvalue weighted by Crippen LogP contribution is 2.31. The van der Waals surface area contributed by atoms with Crippen LogP contribution in [0.3, 0.4) is 0 Å². The van der Waals surface area contributed by atoms with Crippen molar-refractivity contribution in [3.63, 3.8) is 0 Å². The molecule has 0 aliphatic carbocycles. The number of urea groups is 1. The predicted molar refractivity (Wildman–Crippen MR) is 158 cm³/mol. The van der Waals surface area contributed by atoms with E-state index in [-0.39, 0.29) is 23.5 Å². The average molecular weight is 585 g/mol. The molecule has 3 amide bonds. The number of nitrogens with one attached hydrogen (secondary N) is 2. The molecule has 1 aromatic heterocycles. The zero-order valence-corrected chi connectivity index (χ0v) is 24.0. The van der Waals surface area contributed by atoms with Crippen LogP contribution >= 0.6 is 34.8 Å². The topological polar surface area (TPSA) is 79.3 Å². The molecule has 0 bridgehead atoms. The fraction of sp³-hybridized carbons (Fsp3) is 0.207. The lowest BCUT2D eigenvalue weighted by Gasteiger charge is -2.23. The Kier molecular flexibility index (Phi) is 8.85. The molecular weight excluding hydrogens is 557 g/mol. The van der Waals surface area contributed by atoms with Crippen molar-refractivity contribution >= 4 is 58.2 Å². The van der Waals surface area contributed by atoms with Crippen LogP contribution in [0.5, 0.6) is 0 Å². The minimum Gasteiger partial charge on any atom is -0.311 e. The normalized spacial score (nSPS) is 11.2. The maximum absolute atomic E-state index is 13.4. The van der Waals surface area contributed by atoms with Crippen molar-refractivity contribution < 1.29 is 9.59 Å². The molecule has 0 fully saturated rings. The molecule has 0 saturated heterocycles. The molecule has 0 radical (unpaired) electrons. The number of benzene rings is 3. The van der Waals surface area contributed by atoms with Crippen molar-refractivity contribution in [2.45, 2.75) is 32.7 Å². The minimum atomic E-state index is -0.506. The number of carbonyl (C=O) groups excluding carboxylic acids is 2. The third-order valence-corrected chi connectivity index (χ3v) is 7.00. The molecule has 0 atom stereocenters. The first-order valence-electron chi connectivity index (χ1n) is 12.2. The predicted octanol–water partition coefficient (Wildman–Crippen LogP) is 7.80. The van der Waals surface area contributed by atoms with E-state index in [4.69, 9.17) is 39.9 Å². The number of nitrogens with zero attached hydrogens (tertiary/aromatic N) is 3. The first kappa shape index (κ1) is 28.5. The van der Waals surface area contributed by atoms with Crippen LogP contribution in [0.1, 0.15) is 32.0 Å². The highest BCUT2D eigenvalue weighted by Gasteiger charge is 2.24. The van der Waals surface area contributed by atoms with Crippen molar-refractivity contribution in [2.24, 2.45) is 0 Å². The average Bonchev–Trinajstić information content (AvgIpc) is 3.31. The summed E-state index contributed by atoms with van der Waals surface area (Å²) < 4.78 is 1.61. The summed E-state index contributed by atoms with van der Waals surface area (Å²) in [5, 5.41) is 11.4. The second-order valence-corrected chi connectivity index (χ2v) is 11.1. The van der Waals surface area contributed by atoms with Crippen molar-refractivity contribution in [3.8, 4) is 5.69 Å². The summed E-state index contributed by atoms with van der Waals surface area (Å²) in [7, 11) is 0. The second kappa shape index (κ2) is 12.1. The van der Waals surface area contributed by atoms with E-state index in [9.17, 15) is 9.59 Å². The Hall–Kier alpha value is -3.52. The van der Waals surface area contributed by atoms with Gasteiger partial charge < -0.3 is 15.5 Å². The Morgan fingerprint density at radius 1 is 0.872 bits per heavy atom. The van der Waals surface area contributed by atoms with E-state index < -0.39 is 11.9 Å². The number of aromatic nitrogens is 2. The Morgan fingerprint density at radius 3 is 2.23 bits per heavy atom. The van der Waals surface area contributed by atoms with E-state index in [2.05, 4.69) is 10.6 Å². The SMILES string of the molecule is CC(C)(C)c1cc(NC(=O)CN(Cc2ccccc2)C(=O)Nc2cccc(Cl)c2Cl)n(-c2ccccc2Cl)n1. The molecule has 0 aliphatic rings. The summed E-state index contributed by atoms with van der Waals surface area (Å²) >= 11 is 18.8. The van der Waals surface area contributed by atoms with Crippen LogP contribution in [0.2, 0.25) is 15.1 Å². The lowest BCUT2D eigenvalue weighted by atomic mass is 9.92. The van der Waals surface area contributed by atoms with Gasteiger partial charge in [-0.1, -0.05) is 104 Å². The van der Waals surface area contributed by atoms with Crippen LogP contribution in [0.25, 0.3) is 5.69 Å². The van der Waals surface area contributed by atoms with Crippen LogP contribution in [-0.4, -0.2) is 33.2 Å². The van der Waals surface area contributed by atoms with Crippen LogP contribution in [0.4, 0.5) is 16.3 Å². The highest BCUT2D eigenvalue weighted by atomic mass is 35.5. The fourth-order valence-corrected chi connectivity index (χ4v) is 4.36. The van der Waals surface area contributed by atoms with Gasteiger partial charge in [0.15, 0.2) is 0 Å². The number of anilines is 2. The molecular formula is C29H28Cl3N5O2. The first-order valence-corrected chi connectivity index (χ1v) is 13.4. The number of rotatable bonds is 7. The lowest BCUT2D eigenvalue weighted by molar-refractivity contribution is -0.116. The van der Waals surface area contributed by atoms with Crippen molar-refractivity contribution in [1.29, 1.82) is 0 Å². The van der Waals surface area contributed by atoms with Gasteiger partial charge in [0.05, 0.1) is 32.1 Å². The van der Waals surface area contributed by atoms with Crippen molar-refractivity contribution in [1.82, 2.24) is 14.7 Å². The van der Waals surface area contributed by atoms with Crippen LogP contribution in [-0.2, 0) is 16.8 Å². The third-order valence-electron chi connectivity index (χ3n) is 5.86. The first-order chi connectivity index (χ1) is 18.5. The molecule has 0 spiro atoms.